The van der Waals surface area contributed by atoms with Gasteiger partial charge in [0.2, 0.25) is 11.8 Å². The number of nitrogens with two attached hydrogens (primary N) is 1. The molecule has 3 rings (SSSR count). The van der Waals surface area contributed by atoms with E-state index in [1.807, 2.05) is 0 Å². The van der Waals surface area contributed by atoms with Crippen LogP contribution in [-0.2, 0) is 9.59 Å². The topological polar surface area (TPSA) is 75.4 Å². The van der Waals surface area contributed by atoms with Crippen LogP contribution in [0.5, 0.6) is 0 Å². The molecule has 2 aliphatic rings. The Bertz CT molecular complexity index is 645. The molecule has 138 valence electrons. The van der Waals surface area contributed by atoms with E-state index in [9.17, 15) is 18.4 Å². The van der Waals surface area contributed by atoms with E-state index in [1.54, 1.807) is 0 Å². The zero-order valence-electron chi connectivity index (χ0n) is 13.8. The maximum Gasteiger partial charge on any atom is 0.249 e. The van der Waals surface area contributed by atoms with Gasteiger partial charge in [0.15, 0.2) is 0 Å². The van der Waals surface area contributed by atoms with Gasteiger partial charge in [0.05, 0.1) is 5.54 Å². The van der Waals surface area contributed by atoms with Crippen LogP contribution in [0.15, 0.2) is 18.2 Å². The smallest absolute Gasteiger partial charge is 0.249 e. The van der Waals surface area contributed by atoms with Gasteiger partial charge in [-0.1, -0.05) is 25.3 Å². The highest BCUT2D eigenvalue weighted by atomic mass is 35.5. The van der Waals surface area contributed by atoms with E-state index in [2.05, 4.69) is 5.32 Å². The van der Waals surface area contributed by atoms with Crippen LogP contribution in [0.3, 0.4) is 0 Å². The van der Waals surface area contributed by atoms with Crippen molar-refractivity contribution in [3.8, 4) is 0 Å². The molecule has 1 atom stereocenters. The molecule has 0 radical (unpaired) electrons. The molecule has 25 heavy (non-hydrogen) atoms. The Kier molecular flexibility index (Phi) is 6.00. The van der Waals surface area contributed by atoms with E-state index in [1.165, 1.54) is 6.07 Å². The first-order valence-corrected chi connectivity index (χ1v) is 8.28. The summed E-state index contributed by atoms with van der Waals surface area (Å²) in [5.74, 6) is -2.45. The van der Waals surface area contributed by atoms with Crippen LogP contribution >= 0.6 is 12.4 Å². The number of amides is 2. The number of hydrogen-bond donors (Lipinski definition) is 2. The summed E-state index contributed by atoms with van der Waals surface area (Å²) < 4.78 is 27.8. The summed E-state index contributed by atoms with van der Waals surface area (Å²) in [4.78, 5) is 26.0. The number of halogens is 3. The zero-order chi connectivity index (χ0) is 17.3. The minimum Gasteiger partial charge on any atom is -0.343 e. The van der Waals surface area contributed by atoms with Crippen LogP contribution in [0, 0.1) is 11.6 Å². The van der Waals surface area contributed by atoms with Gasteiger partial charge in [0, 0.05) is 6.54 Å². The molecule has 1 aliphatic carbocycles. The van der Waals surface area contributed by atoms with Crippen molar-refractivity contribution in [3.05, 3.63) is 29.8 Å². The highest BCUT2D eigenvalue weighted by molar-refractivity contribution is 6.02. The molecule has 0 aromatic heterocycles. The van der Waals surface area contributed by atoms with Gasteiger partial charge in [-0.05, 0) is 31.4 Å². The number of anilines is 1. The Morgan fingerprint density at radius 3 is 2.40 bits per heavy atom. The van der Waals surface area contributed by atoms with E-state index in [0.717, 1.165) is 36.3 Å². The van der Waals surface area contributed by atoms with Crippen molar-refractivity contribution in [1.82, 2.24) is 5.32 Å². The third-order valence-electron chi connectivity index (χ3n) is 4.92. The number of benzene rings is 1. The Hall–Kier alpha value is -1.73. The van der Waals surface area contributed by atoms with Crippen LogP contribution < -0.4 is 16.0 Å². The molecule has 1 aliphatic heterocycles. The van der Waals surface area contributed by atoms with E-state index in [-0.39, 0.29) is 30.5 Å². The maximum absolute atomic E-state index is 13.9. The first-order valence-electron chi connectivity index (χ1n) is 8.28. The number of carbonyl (C=O) groups is 2. The molecule has 8 heteroatoms. The number of para-hydroxylation sites is 1. The van der Waals surface area contributed by atoms with E-state index >= 15 is 0 Å². The van der Waals surface area contributed by atoms with E-state index in [0.29, 0.717) is 19.3 Å². The van der Waals surface area contributed by atoms with Crippen LogP contribution in [0.4, 0.5) is 14.5 Å². The van der Waals surface area contributed by atoms with Crippen molar-refractivity contribution in [3.63, 3.8) is 0 Å². The first-order chi connectivity index (χ1) is 11.4. The van der Waals surface area contributed by atoms with Gasteiger partial charge in [-0.15, -0.1) is 12.4 Å². The van der Waals surface area contributed by atoms with Gasteiger partial charge in [0.25, 0.3) is 0 Å². The molecule has 1 saturated heterocycles. The third-order valence-corrected chi connectivity index (χ3v) is 4.92. The van der Waals surface area contributed by atoms with Crippen molar-refractivity contribution >= 4 is 29.9 Å². The summed E-state index contributed by atoms with van der Waals surface area (Å²) in [6.07, 6.45) is 4.30. The molecule has 1 aromatic carbocycles. The molecule has 2 fully saturated rings. The standard InChI is InChI=1S/C17H21F2N3O2.ClH/c18-11-5-4-6-12(19)14(11)22-10-7-13(15(22)23)21-16(24)17(20)8-2-1-3-9-17;/h4-6,13H,1-3,7-10,20H2,(H,21,24);1H. The fraction of sp³-hybridized carbons (Fsp3) is 0.529. The SMILES string of the molecule is Cl.NC1(C(=O)NC2CCN(c3c(F)cccc3F)C2=O)CCCCC1. The fourth-order valence-electron chi connectivity index (χ4n) is 3.49. The molecule has 1 aromatic rings. The number of carbonyl (C=O) groups excluding carboxylic acids is 2. The third kappa shape index (κ3) is 3.77. The number of rotatable bonds is 3. The summed E-state index contributed by atoms with van der Waals surface area (Å²) >= 11 is 0. The Morgan fingerprint density at radius 2 is 1.80 bits per heavy atom. The molecular weight excluding hydrogens is 352 g/mol. The summed E-state index contributed by atoms with van der Waals surface area (Å²) in [6, 6.07) is 2.66. The predicted octanol–water partition coefficient (Wildman–Crippen LogP) is 2.27. The number of hydrogen-bond acceptors (Lipinski definition) is 3. The van der Waals surface area contributed by atoms with Gasteiger partial charge in [0.1, 0.15) is 23.4 Å². The second kappa shape index (κ2) is 7.66. The maximum atomic E-state index is 13.9. The van der Waals surface area contributed by atoms with E-state index < -0.39 is 29.1 Å². The van der Waals surface area contributed by atoms with Gasteiger partial charge in [-0.2, -0.15) is 0 Å². The van der Waals surface area contributed by atoms with Crippen molar-refractivity contribution in [2.24, 2.45) is 5.73 Å². The Morgan fingerprint density at radius 1 is 1.20 bits per heavy atom. The summed E-state index contributed by atoms with van der Waals surface area (Å²) in [5, 5.41) is 2.68. The first kappa shape index (κ1) is 19.6. The lowest BCUT2D eigenvalue weighted by molar-refractivity contribution is -0.131. The Labute approximate surface area is 151 Å². The molecule has 2 amide bonds. The Balaban J connectivity index is 0.00000225. The molecule has 0 spiro atoms. The highest BCUT2D eigenvalue weighted by Crippen LogP contribution is 2.29. The number of nitrogens with zero attached hydrogens (tertiary/aromatic N) is 1. The predicted molar refractivity (Wildman–Crippen MR) is 92.5 cm³/mol. The summed E-state index contributed by atoms with van der Waals surface area (Å²) in [5.41, 5.74) is 4.85. The quantitative estimate of drug-likeness (QED) is 0.853. The van der Waals surface area contributed by atoms with Crippen LogP contribution in [0.1, 0.15) is 38.5 Å². The van der Waals surface area contributed by atoms with Crippen molar-refractivity contribution in [2.75, 3.05) is 11.4 Å². The van der Waals surface area contributed by atoms with Crippen LogP contribution in [0.25, 0.3) is 0 Å². The van der Waals surface area contributed by atoms with Gasteiger partial charge in [-0.25, -0.2) is 8.78 Å². The minimum absolute atomic E-state index is 0. The van der Waals surface area contributed by atoms with Gasteiger partial charge in [-0.3, -0.25) is 9.59 Å². The minimum atomic E-state index is -0.949. The number of nitrogens with one attached hydrogen (secondary N) is 1. The van der Waals surface area contributed by atoms with Gasteiger partial charge < -0.3 is 16.0 Å². The summed E-state index contributed by atoms with van der Waals surface area (Å²) in [6.45, 7) is 0.152. The van der Waals surface area contributed by atoms with Crippen molar-refractivity contribution in [1.29, 1.82) is 0 Å². The van der Waals surface area contributed by atoms with Crippen LogP contribution in [-0.4, -0.2) is 29.9 Å². The molecule has 0 bridgehead atoms. The molecule has 1 saturated carbocycles. The summed E-state index contributed by atoms with van der Waals surface area (Å²) in [7, 11) is 0. The van der Waals surface area contributed by atoms with Crippen molar-refractivity contribution < 1.29 is 18.4 Å². The molecule has 1 heterocycles. The van der Waals surface area contributed by atoms with E-state index in [4.69, 9.17) is 5.73 Å². The monoisotopic (exact) mass is 373 g/mol. The molecule has 5 nitrogen and oxygen atoms in total. The average molecular weight is 374 g/mol. The average Bonchev–Trinajstić information content (AvgIpc) is 2.89. The lowest BCUT2D eigenvalue weighted by Gasteiger charge is -2.32. The lowest BCUT2D eigenvalue weighted by Crippen LogP contribution is -2.58. The fourth-order valence-corrected chi connectivity index (χ4v) is 3.49. The zero-order valence-corrected chi connectivity index (χ0v) is 14.6. The van der Waals surface area contributed by atoms with Crippen molar-refractivity contribution in [2.45, 2.75) is 50.1 Å². The largest absolute Gasteiger partial charge is 0.343 e. The second-order valence-corrected chi connectivity index (χ2v) is 6.59. The normalized spacial score (nSPS) is 22.4. The van der Waals surface area contributed by atoms with Crippen LogP contribution in [0.2, 0.25) is 0 Å². The molecule has 3 N–H and O–H groups in total. The molecule has 1 unspecified atom stereocenters. The lowest BCUT2D eigenvalue weighted by atomic mass is 9.81. The highest BCUT2D eigenvalue weighted by Gasteiger charge is 2.41. The van der Waals surface area contributed by atoms with Gasteiger partial charge >= 0.3 is 0 Å². The molecular formula is C17H22ClF2N3O2. The second-order valence-electron chi connectivity index (χ2n) is 6.59.